The Morgan fingerprint density at radius 2 is 2.04 bits per heavy atom. The molecule has 0 radical (unpaired) electrons. The summed E-state index contributed by atoms with van der Waals surface area (Å²) in [6.07, 6.45) is 6.54. The van der Waals surface area contributed by atoms with E-state index in [2.05, 4.69) is 17.3 Å². The highest BCUT2D eigenvalue weighted by Gasteiger charge is 2.26. The summed E-state index contributed by atoms with van der Waals surface area (Å²) in [5.41, 5.74) is 1.97. The van der Waals surface area contributed by atoms with Crippen molar-refractivity contribution in [2.45, 2.75) is 59.0 Å². The molecule has 134 valence electrons. The molecule has 2 amide bonds. The van der Waals surface area contributed by atoms with Gasteiger partial charge in [0.05, 0.1) is 11.6 Å². The van der Waals surface area contributed by atoms with Gasteiger partial charge in [-0.1, -0.05) is 19.8 Å². The molecular formula is C17H28N4O3. The van der Waals surface area contributed by atoms with E-state index in [0.29, 0.717) is 32.5 Å². The van der Waals surface area contributed by atoms with E-state index in [1.807, 2.05) is 17.8 Å². The third-order valence-electron chi connectivity index (χ3n) is 4.60. The van der Waals surface area contributed by atoms with E-state index in [1.165, 1.54) is 12.8 Å². The number of carbonyl (C=O) groups excluding carboxylic acids is 1. The molecule has 0 aromatic carbocycles. The lowest BCUT2D eigenvalue weighted by Crippen LogP contribution is -2.45. The molecule has 0 bridgehead atoms. The van der Waals surface area contributed by atoms with Gasteiger partial charge in [-0.3, -0.25) is 9.48 Å². The number of aliphatic carboxylic acids is 1. The molecule has 0 atom stereocenters. The lowest BCUT2D eigenvalue weighted by Gasteiger charge is -2.30. The number of amides is 2. The highest BCUT2D eigenvalue weighted by atomic mass is 16.4. The number of hydrogen-bond acceptors (Lipinski definition) is 3. The van der Waals surface area contributed by atoms with Gasteiger partial charge in [-0.25, -0.2) is 4.79 Å². The van der Waals surface area contributed by atoms with Crippen molar-refractivity contribution in [3.8, 4) is 0 Å². The number of carboxylic acids is 1. The van der Waals surface area contributed by atoms with Crippen molar-refractivity contribution >= 4 is 12.0 Å². The maximum absolute atomic E-state index is 12.2. The first-order valence-electron chi connectivity index (χ1n) is 8.79. The van der Waals surface area contributed by atoms with E-state index in [1.54, 1.807) is 4.90 Å². The van der Waals surface area contributed by atoms with Crippen LogP contribution in [0.3, 0.4) is 0 Å². The predicted octanol–water partition coefficient (Wildman–Crippen LogP) is 2.39. The second-order valence-corrected chi connectivity index (χ2v) is 6.47. The Hall–Kier alpha value is -2.05. The largest absolute Gasteiger partial charge is 0.481 e. The molecule has 1 aromatic rings. The number of carboxylic acid groups (broad SMARTS) is 1. The third-order valence-corrected chi connectivity index (χ3v) is 4.60. The zero-order chi connectivity index (χ0) is 17.5. The highest BCUT2D eigenvalue weighted by Crippen LogP contribution is 2.17. The topological polar surface area (TPSA) is 87.5 Å². The van der Waals surface area contributed by atoms with Gasteiger partial charge in [0.15, 0.2) is 0 Å². The first-order chi connectivity index (χ1) is 11.5. The molecule has 0 aliphatic carbocycles. The van der Waals surface area contributed by atoms with Crippen molar-refractivity contribution in [2.24, 2.45) is 5.92 Å². The molecule has 1 saturated heterocycles. The minimum atomic E-state index is -0.763. The van der Waals surface area contributed by atoms with Gasteiger partial charge in [-0.05, 0) is 26.2 Å². The smallest absolute Gasteiger partial charge is 0.317 e. The van der Waals surface area contributed by atoms with Crippen LogP contribution in [0.1, 0.15) is 50.3 Å². The highest BCUT2D eigenvalue weighted by molar-refractivity contribution is 5.75. The monoisotopic (exact) mass is 336 g/mol. The molecule has 0 unspecified atom stereocenters. The Kier molecular flexibility index (Phi) is 6.63. The first-order valence-corrected chi connectivity index (χ1v) is 8.79. The lowest BCUT2D eigenvalue weighted by molar-refractivity contribution is -0.143. The zero-order valence-corrected chi connectivity index (χ0v) is 14.6. The number of likely N-dealkylation sites (tertiary alicyclic amines) is 1. The summed E-state index contributed by atoms with van der Waals surface area (Å²) in [6.45, 7) is 6.49. The van der Waals surface area contributed by atoms with Crippen LogP contribution in [-0.2, 0) is 17.9 Å². The fraction of sp³-hybridized carbons (Fsp3) is 0.706. The molecule has 0 spiro atoms. The van der Waals surface area contributed by atoms with Gasteiger partial charge in [0.2, 0.25) is 0 Å². The van der Waals surface area contributed by atoms with Gasteiger partial charge in [0, 0.05) is 37.9 Å². The minimum Gasteiger partial charge on any atom is -0.481 e. The first kappa shape index (κ1) is 18.3. The number of unbranched alkanes of at least 4 members (excludes halogenated alkanes) is 2. The molecule has 7 heteroatoms. The van der Waals surface area contributed by atoms with Gasteiger partial charge >= 0.3 is 12.0 Å². The summed E-state index contributed by atoms with van der Waals surface area (Å²) in [5.74, 6) is -1.08. The summed E-state index contributed by atoms with van der Waals surface area (Å²) in [6, 6.07) is -0.128. The quantitative estimate of drug-likeness (QED) is 0.748. The number of carbonyl (C=O) groups is 2. The van der Waals surface area contributed by atoms with Crippen LogP contribution in [0.4, 0.5) is 4.79 Å². The Morgan fingerprint density at radius 1 is 1.33 bits per heavy atom. The van der Waals surface area contributed by atoms with Crippen LogP contribution in [0.15, 0.2) is 6.20 Å². The van der Waals surface area contributed by atoms with E-state index in [0.717, 1.165) is 24.2 Å². The van der Waals surface area contributed by atoms with E-state index in [-0.39, 0.29) is 11.9 Å². The number of urea groups is 1. The fourth-order valence-corrected chi connectivity index (χ4v) is 2.98. The summed E-state index contributed by atoms with van der Waals surface area (Å²) in [4.78, 5) is 24.9. The van der Waals surface area contributed by atoms with Crippen molar-refractivity contribution in [3.63, 3.8) is 0 Å². The zero-order valence-electron chi connectivity index (χ0n) is 14.6. The number of hydrogen-bond donors (Lipinski definition) is 2. The molecule has 1 aliphatic heterocycles. The summed E-state index contributed by atoms with van der Waals surface area (Å²) in [5, 5.41) is 16.4. The lowest BCUT2D eigenvalue weighted by atomic mass is 9.97. The van der Waals surface area contributed by atoms with Crippen LogP contribution in [0, 0.1) is 12.8 Å². The summed E-state index contributed by atoms with van der Waals surface area (Å²) in [7, 11) is 0. The number of nitrogens with one attached hydrogen (secondary N) is 1. The van der Waals surface area contributed by atoms with E-state index >= 15 is 0 Å². The van der Waals surface area contributed by atoms with Crippen LogP contribution < -0.4 is 5.32 Å². The molecule has 2 heterocycles. The normalized spacial score (nSPS) is 15.5. The molecule has 0 saturated carbocycles. The average molecular weight is 336 g/mol. The Morgan fingerprint density at radius 3 is 2.67 bits per heavy atom. The number of rotatable bonds is 7. The van der Waals surface area contributed by atoms with E-state index in [9.17, 15) is 9.59 Å². The summed E-state index contributed by atoms with van der Waals surface area (Å²) >= 11 is 0. The summed E-state index contributed by atoms with van der Waals surface area (Å²) < 4.78 is 1.95. The van der Waals surface area contributed by atoms with Gasteiger partial charge < -0.3 is 15.3 Å². The number of nitrogens with zero attached hydrogens (tertiary/aromatic N) is 3. The van der Waals surface area contributed by atoms with Gasteiger partial charge in [0.1, 0.15) is 0 Å². The number of aromatic nitrogens is 2. The Bertz CT molecular complexity index is 562. The Balaban J connectivity index is 1.78. The van der Waals surface area contributed by atoms with Crippen molar-refractivity contribution in [3.05, 3.63) is 17.5 Å². The van der Waals surface area contributed by atoms with Crippen LogP contribution in [0.2, 0.25) is 0 Å². The van der Waals surface area contributed by atoms with Crippen molar-refractivity contribution < 1.29 is 14.7 Å². The third kappa shape index (κ3) is 4.97. The Labute approximate surface area is 143 Å². The number of piperidine rings is 1. The van der Waals surface area contributed by atoms with Crippen molar-refractivity contribution in [2.75, 3.05) is 13.1 Å². The van der Waals surface area contributed by atoms with Gasteiger partial charge in [-0.15, -0.1) is 0 Å². The minimum absolute atomic E-state index is 0.128. The van der Waals surface area contributed by atoms with Crippen LogP contribution >= 0.6 is 0 Å². The maximum Gasteiger partial charge on any atom is 0.317 e. The molecule has 24 heavy (non-hydrogen) atoms. The van der Waals surface area contributed by atoms with Crippen LogP contribution in [0.25, 0.3) is 0 Å². The predicted molar refractivity (Wildman–Crippen MR) is 90.7 cm³/mol. The SMILES string of the molecule is CCCCCn1cc(CNC(=O)N2CCC(C(=O)O)CC2)c(C)n1. The fourth-order valence-electron chi connectivity index (χ4n) is 2.98. The second kappa shape index (κ2) is 8.70. The average Bonchev–Trinajstić information content (AvgIpc) is 2.93. The molecule has 7 nitrogen and oxygen atoms in total. The number of aryl methyl sites for hydroxylation is 2. The molecule has 1 aromatic heterocycles. The molecule has 1 aliphatic rings. The van der Waals surface area contributed by atoms with Crippen LogP contribution in [0.5, 0.6) is 0 Å². The molecule has 2 N–H and O–H groups in total. The van der Waals surface area contributed by atoms with Crippen LogP contribution in [-0.4, -0.2) is 44.9 Å². The van der Waals surface area contributed by atoms with E-state index < -0.39 is 5.97 Å². The molecule has 2 rings (SSSR count). The molecular weight excluding hydrogens is 308 g/mol. The van der Waals surface area contributed by atoms with Gasteiger partial charge in [0.25, 0.3) is 0 Å². The maximum atomic E-state index is 12.2. The second-order valence-electron chi connectivity index (χ2n) is 6.47. The van der Waals surface area contributed by atoms with Gasteiger partial charge in [-0.2, -0.15) is 5.10 Å². The molecule has 1 fully saturated rings. The van der Waals surface area contributed by atoms with Crippen molar-refractivity contribution in [1.29, 1.82) is 0 Å². The standard InChI is InChI=1S/C17H28N4O3/c1-3-4-5-8-21-12-15(13(2)19-21)11-18-17(24)20-9-6-14(7-10-20)16(22)23/h12,14H,3-11H2,1-2H3,(H,18,24)(H,22,23). The van der Waals surface area contributed by atoms with E-state index in [4.69, 9.17) is 5.11 Å². The van der Waals surface area contributed by atoms with Crippen molar-refractivity contribution in [1.82, 2.24) is 20.0 Å².